The van der Waals surface area contributed by atoms with E-state index in [1.54, 1.807) is 0 Å². The Balaban J connectivity index is 2.16. The summed E-state index contributed by atoms with van der Waals surface area (Å²) in [6.45, 7) is 6.72. The van der Waals surface area contributed by atoms with E-state index in [9.17, 15) is 5.11 Å². The molecule has 0 heterocycles. The van der Waals surface area contributed by atoms with Gasteiger partial charge in [-0.1, -0.05) is 43.7 Å². The maximum atomic E-state index is 11.3. The van der Waals surface area contributed by atoms with Crippen molar-refractivity contribution in [3.63, 3.8) is 0 Å². The SMILES string of the molecule is Cc1ccc(CC2CCC(C)(C)C2(O)CN=CN=CN)cc1. The minimum atomic E-state index is -0.807. The Bertz CT molecular complexity index is 548. The predicted octanol–water partition coefficient (Wildman–Crippen LogP) is 2.72. The molecule has 3 N–H and O–H groups in total. The monoisotopic (exact) mass is 301 g/mol. The summed E-state index contributed by atoms with van der Waals surface area (Å²) in [4.78, 5) is 8.04. The highest BCUT2D eigenvalue weighted by molar-refractivity contribution is 5.69. The number of aliphatic hydroxyl groups is 1. The molecule has 0 saturated heterocycles. The van der Waals surface area contributed by atoms with Gasteiger partial charge in [0.05, 0.1) is 18.5 Å². The third-order valence-electron chi connectivity index (χ3n) is 5.13. The van der Waals surface area contributed by atoms with Crippen LogP contribution in [0.15, 0.2) is 34.3 Å². The summed E-state index contributed by atoms with van der Waals surface area (Å²) in [5.41, 5.74) is 6.78. The van der Waals surface area contributed by atoms with E-state index >= 15 is 0 Å². The van der Waals surface area contributed by atoms with Crippen molar-refractivity contribution in [2.75, 3.05) is 6.54 Å². The van der Waals surface area contributed by atoms with Gasteiger partial charge >= 0.3 is 0 Å². The van der Waals surface area contributed by atoms with Crippen molar-refractivity contribution < 1.29 is 5.11 Å². The lowest BCUT2D eigenvalue weighted by atomic mass is 9.72. The molecule has 4 heteroatoms. The van der Waals surface area contributed by atoms with Crippen molar-refractivity contribution >= 4 is 12.7 Å². The number of hydrogen-bond acceptors (Lipinski definition) is 2. The molecule has 1 aliphatic rings. The Morgan fingerprint density at radius 3 is 2.64 bits per heavy atom. The van der Waals surface area contributed by atoms with E-state index in [0.29, 0.717) is 6.54 Å². The molecule has 0 aromatic heterocycles. The topological polar surface area (TPSA) is 71.0 Å². The number of benzene rings is 1. The maximum absolute atomic E-state index is 11.3. The van der Waals surface area contributed by atoms with Gasteiger partial charge in [-0.2, -0.15) is 0 Å². The molecule has 2 unspecified atom stereocenters. The number of nitrogens with two attached hydrogens (primary N) is 1. The first-order valence-electron chi connectivity index (χ1n) is 7.88. The Morgan fingerprint density at radius 1 is 1.32 bits per heavy atom. The van der Waals surface area contributed by atoms with E-state index in [1.807, 2.05) is 0 Å². The van der Waals surface area contributed by atoms with Gasteiger partial charge < -0.3 is 10.8 Å². The van der Waals surface area contributed by atoms with Crippen molar-refractivity contribution in [3.8, 4) is 0 Å². The zero-order valence-corrected chi connectivity index (χ0v) is 13.8. The number of nitrogens with zero attached hydrogens (tertiary/aromatic N) is 2. The molecule has 1 aliphatic carbocycles. The molecule has 2 rings (SSSR count). The molecule has 22 heavy (non-hydrogen) atoms. The zero-order valence-electron chi connectivity index (χ0n) is 13.8. The van der Waals surface area contributed by atoms with Crippen LogP contribution in [0.1, 0.15) is 37.8 Å². The van der Waals surface area contributed by atoms with E-state index in [4.69, 9.17) is 5.73 Å². The fourth-order valence-electron chi connectivity index (χ4n) is 3.43. The van der Waals surface area contributed by atoms with Gasteiger partial charge in [-0.25, -0.2) is 4.99 Å². The van der Waals surface area contributed by atoms with Gasteiger partial charge in [-0.05, 0) is 43.1 Å². The molecule has 120 valence electrons. The molecule has 0 amide bonds. The van der Waals surface area contributed by atoms with Gasteiger partial charge in [-0.3, -0.25) is 4.99 Å². The Labute approximate surface area is 133 Å². The molecule has 0 spiro atoms. The van der Waals surface area contributed by atoms with Crippen molar-refractivity contribution in [1.29, 1.82) is 0 Å². The average molecular weight is 301 g/mol. The number of rotatable bonds is 5. The van der Waals surface area contributed by atoms with Crippen LogP contribution in [-0.4, -0.2) is 29.9 Å². The van der Waals surface area contributed by atoms with Gasteiger partial charge in [0, 0.05) is 0 Å². The second-order valence-corrected chi connectivity index (χ2v) is 6.99. The van der Waals surface area contributed by atoms with E-state index in [1.165, 1.54) is 23.8 Å². The molecule has 2 atom stereocenters. The van der Waals surface area contributed by atoms with Crippen LogP contribution in [0.25, 0.3) is 0 Å². The van der Waals surface area contributed by atoms with Crippen LogP contribution in [0, 0.1) is 18.3 Å². The second kappa shape index (κ2) is 6.61. The molecular weight excluding hydrogens is 274 g/mol. The standard InChI is InChI=1S/C18H27N3O/c1-14-4-6-15(7-5-14)10-16-8-9-17(2,3)18(16,22)11-20-13-21-12-19/h4-7,12-13,16,22H,8-11H2,1-3H3,(H2,19,20,21). The first-order valence-corrected chi connectivity index (χ1v) is 7.88. The highest BCUT2D eigenvalue weighted by Crippen LogP contribution is 2.50. The van der Waals surface area contributed by atoms with Gasteiger partial charge in [0.2, 0.25) is 0 Å². The van der Waals surface area contributed by atoms with E-state index < -0.39 is 5.60 Å². The van der Waals surface area contributed by atoms with Crippen LogP contribution >= 0.6 is 0 Å². The summed E-state index contributed by atoms with van der Waals surface area (Å²) in [6, 6.07) is 8.57. The largest absolute Gasteiger partial charge is 0.390 e. The highest BCUT2D eigenvalue weighted by atomic mass is 16.3. The summed E-state index contributed by atoms with van der Waals surface area (Å²) in [5.74, 6) is 0.212. The third-order valence-corrected chi connectivity index (χ3v) is 5.13. The molecule has 1 fully saturated rings. The predicted molar refractivity (Wildman–Crippen MR) is 92.4 cm³/mol. The fraction of sp³-hybridized carbons (Fsp3) is 0.556. The van der Waals surface area contributed by atoms with Crippen molar-refractivity contribution in [2.24, 2.45) is 27.1 Å². The number of aryl methyl sites for hydroxylation is 1. The first kappa shape index (κ1) is 16.7. The van der Waals surface area contributed by atoms with Crippen LogP contribution in [0.3, 0.4) is 0 Å². The molecule has 4 nitrogen and oxygen atoms in total. The van der Waals surface area contributed by atoms with E-state index in [2.05, 4.69) is 55.0 Å². The fourth-order valence-corrected chi connectivity index (χ4v) is 3.43. The Hall–Kier alpha value is -1.68. The lowest BCUT2D eigenvalue weighted by Crippen LogP contribution is -2.48. The number of hydrogen-bond donors (Lipinski definition) is 2. The van der Waals surface area contributed by atoms with Gasteiger partial charge in [0.15, 0.2) is 0 Å². The molecule has 1 aromatic carbocycles. The minimum absolute atomic E-state index is 0.147. The van der Waals surface area contributed by atoms with Crippen LogP contribution in [-0.2, 0) is 6.42 Å². The summed E-state index contributed by atoms with van der Waals surface area (Å²) >= 11 is 0. The van der Waals surface area contributed by atoms with E-state index in [0.717, 1.165) is 19.3 Å². The van der Waals surface area contributed by atoms with Crippen molar-refractivity contribution in [2.45, 2.75) is 45.6 Å². The Kier molecular flexibility index (Phi) is 5.01. The van der Waals surface area contributed by atoms with Gasteiger partial charge in [0.25, 0.3) is 0 Å². The lowest BCUT2D eigenvalue weighted by Gasteiger charge is -2.39. The summed E-state index contributed by atoms with van der Waals surface area (Å²) in [7, 11) is 0. The van der Waals surface area contributed by atoms with Crippen LogP contribution in [0.5, 0.6) is 0 Å². The maximum Gasteiger partial charge on any atom is 0.111 e. The summed E-state index contributed by atoms with van der Waals surface area (Å²) < 4.78 is 0. The van der Waals surface area contributed by atoms with Crippen molar-refractivity contribution in [1.82, 2.24) is 0 Å². The van der Waals surface area contributed by atoms with E-state index in [-0.39, 0.29) is 11.3 Å². The average Bonchev–Trinajstić information content (AvgIpc) is 2.70. The molecule has 0 aliphatic heterocycles. The Morgan fingerprint density at radius 2 is 2.00 bits per heavy atom. The highest BCUT2D eigenvalue weighted by Gasteiger charge is 2.53. The van der Waals surface area contributed by atoms with Gasteiger partial charge in [-0.15, -0.1) is 0 Å². The zero-order chi connectivity index (χ0) is 16.2. The molecular formula is C18H27N3O. The lowest BCUT2D eigenvalue weighted by molar-refractivity contribution is -0.0666. The van der Waals surface area contributed by atoms with Gasteiger partial charge in [0.1, 0.15) is 6.34 Å². The van der Waals surface area contributed by atoms with Crippen molar-refractivity contribution in [3.05, 3.63) is 35.4 Å². The van der Waals surface area contributed by atoms with Crippen LogP contribution in [0.2, 0.25) is 0 Å². The first-order chi connectivity index (χ1) is 10.4. The summed E-state index contributed by atoms with van der Waals surface area (Å²) in [6.07, 6.45) is 5.55. The molecule has 1 saturated carbocycles. The molecule has 0 bridgehead atoms. The minimum Gasteiger partial charge on any atom is -0.390 e. The summed E-state index contributed by atoms with van der Waals surface area (Å²) in [5, 5.41) is 11.3. The smallest absolute Gasteiger partial charge is 0.111 e. The molecule has 1 aromatic rings. The van der Waals surface area contributed by atoms with Crippen LogP contribution < -0.4 is 5.73 Å². The third kappa shape index (κ3) is 3.38. The molecule has 0 radical (unpaired) electrons. The second-order valence-electron chi connectivity index (χ2n) is 6.99. The van der Waals surface area contributed by atoms with Crippen LogP contribution in [0.4, 0.5) is 0 Å². The number of aliphatic imine (C=N–C) groups is 2. The normalized spacial score (nSPS) is 27.9. The quantitative estimate of drug-likeness (QED) is 0.648.